The fourth-order valence-electron chi connectivity index (χ4n) is 2.84. The summed E-state index contributed by atoms with van der Waals surface area (Å²) in [4.78, 5) is 14.6. The van der Waals surface area contributed by atoms with Crippen molar-refractivity contribution in [3.8, 4) is 11.5 Å². The summed E-state index contributed by atoms with van der Waals surface area (Å²) in [6.07, 6.45) is 5.86. The molecule has 0 aliphatic heterocycles. The molecular formula is C16H22BrNO3. The van der Waals surface area contributed by atoms with Gasteiger partial charge in [0.2, 0.25) is 0 Å². The van der Waals surface area contributed by atoms with Crippen LogP contribution in [-0.2, 0) is 0 Å². The van der Waals surface area contributed by atoms with Crippen molar-refractivity contribution in [3.05, 3.63) is 22.2 Å². The average molecular weight is 356 g/mol. The molecule has 1 saturated carbocycles. The van der Waals surface area contributed by atoms with Crippen LogP contribution in [0.15, 0.2) is 16.6 Å². The molecule has 0 heterocycles. The first-order valence-electron chi connectivity index (χ1n) is 7.27. The maximum Gasteiger partial charge on any atom is 0.255 e. The molecule has 4 nitrogen and oxygen atoms in total. The molecule has 0 spiro atoms. The highest BCUT2D eigenvalue weighted by Gasteiger charge is 2.25. The van der Waals surface area contributed by atoms with Crippen molar-refractivity contribution in [1.29, 1.82) is 0 Å². The standard InChI is InChI=1S/C16H22BrNO3/c1-18(11-7-5-4-6-8-11)16(19)12-9-14(20-2)15(21-3)10-13(12)17/h9-11H,4-8H2,1-3H3. The van der Waals surface area contributed by atoms with E-state index in [1.807, 2.05) is 11.9 Å². The number of nitrogens with zero attached hydrogens (tertiary/aromatic N) is 1. The molecule has 1 aromatic rings. The molecule has 0 unspecified atom stereocenters. The van der Waals surface area contributed by atoms with Gasteiger partial charge in [0.1, 0.15) is 0 Å². The van der Waals surface area contributed by atoms with Crippen molar-refractivity contribution in [2.45, 2.75) is 38.1 Å². The highest BCUT2D eigenvalue weighted by Crippen LogP contribution is 2.34. The van der Waals surface area contributed by atoms with Crippen LogP contribution in [0.1, 0.15) is 42.5 Å². The van der Waals surface area contributed by atoms with Gasteiger partial charge < -0.3 is 14.4 Å². The van der Waals surface area contributed by atoms with Gasteiger partial charge in [0.05, 0.1) is 19.8 Å². The number of halogens is 1. The number of hydrogen-bond acceptors (Lipinski definition) is 3. The van der Waals surface area contributed by atoms with Gasteiger partial charge in [-0.05, 0) is 40.9 Å². The number of amides is 1. The number of carbonyl (C=O) groups is 1. The Balaban J connectivity index is 2.25. The van der Waals surface area contributed by atoms with Crippen LogP contribution in [-0.4, -0.2) is 38.1 Å². The Morgan fingerprint density at radius 2 is 1.71 bits per heavy atom. The van der Waals surface area contributed by atoms with E-state index in [9.17, 15) is 4.79 Å². The van der Waals surface area contributed by atoms with Gasteiger partial charge in [-0.2, -0.15) is 0 Å². The van der Waals surface area contributed by atoms with E-state index in [1.54, 1.807) is 26.4 Å². The summed E-state index contributed by atoms with van der Waals surface area (Å²) in [6, 6.07) is 3.86. The Kier molecular flexibility index (Phi) is 5.51. The Morgan fingerprint density at radius 1 is 1.14 bits per heavy atom. The van der Waals surface area contributed by atoms with Gasteiger partial charge in [-0.3, -0.25) is 4.79 Å². The van der Waals surface area contributed by atoms with Gasteiger partial charge in [0.15, 0.2) is 11.5 Å². The zero-order valence-electron chi connectivity index (χ0n) is 12.8. The van der Waals surface area contributed by atoms with Crippen molar-refractivity contribution in [1.82, 2.24) is 4.90 Å². The summed E-state index contributed by atoms with van der Waals surface area (Å²) in [5, 5.41) is 0. The van der Waals surface area contributed by atoms with E-state index >= 15 is 0 Å². The van der Waals surface area contributed by atoms with E-state index in [2.05, 4.69) is 15.9 Å². The van der Waals surface area contributed by atoms with E-state index in [1.165, 1.54) is 19.3 Å². The van der Waals surface area contributed by atoms with Gasteiger partial charge in [0, 0.05) is 17.6 Å². The van der Waals surface area contributed by atoms with Crippen molar-refractivity contribution >= 4 is 21.8 Å². The summed E-state index contributed by atoms with van der Waals surface area (Å²) in [6.45, 7) is 0. The molecule has 0 radical (unpaired) electrons. The second-order valence-corrected chi connectivity index (χ2v) is 6.25. The van der Waals surface area contributed by atoms with Crippen molar-refractivity contribution < 1.29 is 14.3 Å². The van der Waals surface area contributed by atoms with Crippen LogP contribution in [0.4, 0.5) is 0 Å². The van der Waals surface area contributed by atoms with Crippen LogP contribution in [0.2, 0.25) is 0 Å². The molecule has 1 aliphatic rings. The van der Waals surface area contributed by atoms with Crippen LogP contribution in [0.25, 0.3) is 0 Å². The normalized spacial score (nSPS) is 15.6. The third-order valence-corrected chi connectivity index (χ3v) is 4.80. The first-order valence-corrected chi connectivity index (χ1v) is 8.06. The third-order valence-electron chi connectivity index (χ3n) is 4.15. The minimum Gasteiger partial charge on any atom is -0.493 e. The van der Waals surface area contributed by atoms with Gasteiger partial charge in [-0.15, -0.1) is 0 Å². The topological polar surface area (TPSA) is 38.8 Å². The van der Waals surface area contributed by atoms with Crippen molar-refractivity contribution in [2.75, 3.05) is 21.3 Å². The highest BCUT2D eigenvalue weighted by atomic mass is 79.9. The van der Waals surface area contributed by atoms with Crippen molar-refractivity contribution in [3.63, 3.8) is 0 Å². The van der Waals surface area contributed by atoms with E-state index < -0.39 is 0 Å². The first kappa shape index (κ1) is 16.1. The largest absolute Gasteiger partial charge is 0.493 e. The second-order valence-electron chi connectivity index (χ2n) is 5.39. The average Bonchev–Trinajstić information content (AvgIpc) is 2.54. The maximum atomic E-state index is 12.7. The summed E-state index contributed by atoms with van der Waals surface area (Å²) < 4.78 is 11.3. The summed E-state index contributed by atoms with van der Waals surface area (Å²) in [5.41, 5.74) is 0.612. The minimum atomic E-state index is 0.0229. The van der Waals surface area contributed by atoms with Crippen LogP contribution < -0.4 is 9.47 Å². The second kappa shape index (κ2) is 7.16. The minimum absolute atomic E-state index is 0.0229. The van der Waals surface area contributed by atoms with Crippen LogP contribution in [0.3, 0.4) is 0 Å². The van der Waals surface area contributed by atoms with E-state index in [4.69, 9.17) is 9.47 Å². The predicted molar refractivity (Wildman–Crippen MR) is 86.2 cm³/mol. The van der Waals surface area contributed by atoms with E-state index in [0.29, 0.717) is 23.1 Å². The number of rotatable bonds is 4. The molecular weight excluding hydrogens is 334 g/mol. The zero-order chi connectivity index (χ0) is 15.4. The van der Waals surface area contributed by atoms with Gasteiger partial charge in [-0.1, -0.05) is 19.3 Å². The molecule has 1 aliphatic carbocycles. The zero-order valence-corrected chi connectivity index (χ0v) is 14.4. The quantitative estimate of drug-likeness (QED) is 0.822. The first-order chi connectivity index (χ1) is 10.1. The molecule has 1 fully saturated rings. The Labute approximate surface area is 134 Å². The third kappa shape index (κ3) is 3.51. The molecule has 2 rings (SSSR count). The Hall–Kier alpha value is -1.23. The molecule has 1 amide bonds. The molecule has 0 saturated heterocycles. The molecule has 0 bridgehead atoms. The van der Waals surface area contributed by atoms with Crippen LogP contribution >= 0.6 is 15.9 Å². The summed E-state index contributed by atoms with van der Waals surface area (Å²) in [5.74, 6) is 1.21. The smallest absolute Gasteiger partial charge is 0.255 e. The number of carbonyl (C=O) groups excluding carboxylic acids is 1. The van der Waals surface area contributed by atoms with Crippen LogP contribution in [0, 0.1) is 0 Å². The lowest BCUT2D eigenvalue weighted by Crippen LogP contribution is -2.38. The lowest BCUT2D eigenvalue weighted by molar-refractivity contribution is 0.0695. The Bertz CT molecular complexity index is 512. The van der Waals surface area contributed by atoms with Gasteiger partial charge in [-0.25, -0.2) is 0 Å². The summed E-state index contributed by atoms with van der Waals surface area (Å²) >= 11 is 3.46. The summed E-state index contributed by atoms with van der Waals surface area (Å²) in [7, 11) is 5.05. The number of methoxy groups -OCH3 is 2. The Morgan fingerprint density at radius 3 is 2.29 bits per heavy atom. The molecule has 1 aromatic carbocycles. The van der Waals surface area contributed by atoms with E-state index in [0.717, 1.165) is 17.3 Å². The fraction of sp³-hybridized carbons (Fsp3) is 0.562. The van der Waals surface area contributed by atoms with Crippen LogP contribution in [0.5, 0.6) is 11.5 Å². The maximum absolute atomic E-state index is 12.7. The molecule has 116 valence electrons. The molecule has 0 N–H and O–H groups in total. The van der Waals surface area contributed by atoms with Gasteiger partial charge >= 0.3 is 0 Å². The lowest BCUT2D eigenvalue weighted by atomic mass is 9.94. The monoisotopic (exact) mass is 355 g/mol. The number of hydrogen-bond donors (Lipinski definition) is 0. The SMILES string of the molecule is COc1cc(Br)c(C(=O)N(C)C2CCCCC2)cc1OC. The number of benzene rings is 1. The van der Waals surface area contributed by atoms with Crippen molar-refractivity contribution in [2.24, 2.45) is 0 Å². The molecule has 0 aromatic heterocycles. The van der Waals surface area contributed by atoms with E-state index in [-0.39, 0.29) is 5.91 Å². The highest BCUT2D eigenvalue weighted by molar-refractivity contribution is 9.10. The molecule has 21 heavy (non-hydrogen) atoms. The lowest BCUT2D eigenvalue weighted by Gasteiger charge is -2.31. The number of ether oxygens (including phenoxy) is 2. The van der Waals surface area contributed by atoms with Gasteiger partial charge in [0.25, 0.3) is 5.91 Å². The molecule has 5 heteroatoms. The molecule has 0 atom stereocenters. The predicted octanol–water partition coefficient (Wildman–Crippen LogP) is 3.87. The fourth-order valence-corrected chi connectivity index (χ4v) is 3.33.